The zero-order valence-corrected chi connectivity index (χ0v) is 10.8. The number of nitrogens with one attached hydrogen (secondary N) is 1. The zero-order chi connectivity index (χ0) is 11.8. The van der Waals surface area contributed by atoms with Crippen LogP contribution in [0.5, 0.6) is 0 Å². The monoisotopic (exact) mass is 239 g/mol. The molecule has 0 amide bonds. The minimum Gasteiger partial charge on any atom is -0.309 e. The first kappa shape index (κ1) is 11.9. The molecule has 0 bridgehead atoms. The Bertz CT molecular complexity index is 390. The average molecular weight is 239 g/mol. The van der Waals surface area contributed by atoms with Crippen molar-refractivity contribution in [3.8, 4) is 0 Å². The van der Waals surface area contributed by atoms with Crippen molar-refractivity contribution in [1.82, 2.24) is 5.32 Å². The number of fused-ring (bicyclic) bond motifs is 1. The Morgan fingerprint density at radius 1 is 1.50 bits per heavy atom. The lowest BCUT2D eigenvalue weighted by Gasteiger charge is -2.40. The van der Waals surface area contributed by atoms with Crippen molar-refractivity contribution < 1.29 is 4.39 Å². The van der Waals surface area contributed by atoms with Gasteiger partial charge in [-0.15, -0.1) is 11.8 Å². The van der Waals surface area contributed by atoms with E-state index in [-0.39, 0.29) is 16.6 Å². The third kappa shape index (κ3) is 2.11. The van der Waals surface area contributed by atoms with E-state index in [0.717, 1.165) is 17.9 Å². The molecule has 0 spiro atoms. The van der Waals surface area contributed by atoms with Crippen LogP contribution in [0, 0.1) is 5.82 Å². The van der Waals surface area contributed by atoms with Gasteiger partial charge in [0.25, 0.3) is 0 Å². The van der Waals surface area contributed by atoms with E-state index in [1.807, 2.05) is 17.8 Å². The van der Waals surface area contributed by atoms with Gasteiger partial charge in [0, 0.05) is 16.5 Å². The maximum Gasteiger partial charge on any atom is 0.123 e. The van der Waals surface area contributed by atoms with Crippen molar-refractivity contribution in [3.05, 3.63) is 35.1 Å². The number of rotatable bonds is 2. The number of hydrogen-bond acceptors (Lipinski definition) is 2. The summed E-state index contributed by atoms with van der Waals surface area (Å²) in [4.78, 5) is 0. The summed E-state index contributed by atoms with van der Waals surface area (Å²) in [5, 5.41) is 3.47. The van der Waals surface area contributed by atoms with Crippen molar-refractivity contribution in [3.63, 3.8) is 0 Å². The molecule has 88 valence electrons. The van der Waals surface area contributed by atoms with Crippen LogP contribution in [0.15, 0.2) is 18.2 Å². The number of hydrogen-bond donors (Lipinski definition) is 1. The van der Waals surface area contributed by atoms with Gasteiger partial charge in [0.1, 0.15) is 5.82 Å². The molecule has 0 fully saturated rings. The van der Waals surface area contributed by atoms with Crippen molar-refractivity contribution in [2.24, 2.45) is 0 Å². The van der Waals surface area contributed by atoms with Gasteiger partial charge in [-0.3, -0.25) is 0 Å². The smallest absolute Gasteiger partial charge is 0.123 e. The second-order valence-electron chi connectivity index (χ2n) is 4.73. The fourth-order valence-electron chi connectivity index (χ4n) is 2.25. The molecule has 3 heteroatoms. The SMILES string of the molecule is CCNC1c2cc(F)ccc2CSC1(C)C. The van der Waals surface area contributed by atoms with Gasteiger partial charge in [-0.1, -0.05) is 13.0 Å². The third-order valence-corrected chi connectivity index (χ3v) is 4.56. The summed E-state index contributed by atoms with van der Waals surface area (Å²) < 4.78 is 13.4. The van der Waals surface area contributed by atoms with Gasteiger partial charge in [-0.05, 0) is 43.7 Å². The molecule has 1 nitrogen and oxygen atoms in total. The van der Waals surface area contributed by atoms with Crippen LogP contribution in [0.1, 0.15) is 37.9 Å². The largest absolute Gasteiger partial charge is 0.309 e. The highest BCUT2D eigenvalue weighted by atomic mass is 32.2. The second-order valence-corrected chi connectivity index (χ2v) is 6.36. The first-order valence-corrected chi connectivity index (χ1v) is 6.69. The maximum atomic E-state index is 13.3. The Hall–Kier alpha value is -0.540. The fourth-order valence-corrected chi connectivity index (χ4v) is 3.41. The van der Waals surface area contributed by atoms with E-state index >= 15 is 0 Å². The van der Waals surface area contributed by atoms with Gasteiger partial charge in [0.15, 0.2) is 0 Å². The molecule has 0 aromatic heterocycles. The van der Waals surface area contributed by atoms with Crippen molar-refractivity contribution in [2.45, 2.75) is 37.3 Å². The minimum absolute atomic E-state index is 0.122. The molecule has 1 aromatic carbocycles. The Balaban J connectivity index is 2.44. The lowest BCUT2D eigenvalue weighted by Crippen LogP contribution is -2.39. The van der Waals surface area contributed by atoms with Gasteiger partial charge in [0.2, 0.25) is 0 Å². The van der Waals surface area contributed by atoms with Crippen LogP contribution in [0.4, 0.5) is 4.39 Å². The molecule has 1 aromatic rings. The summed E-state index contributed by atoms with van der Waals surface area (Å²) in [6.07, 6.45) is 0. The van der Waals surface area contributed by atoms with Crippen molar-refractivity contribution in [1.29, 1.82) is 0 Å². The van der Waals surface area contributed by atoms with E-state index in [1.54, 1.807) is 12.1 Å². The first-order valence-electron chi connectivity index (χ1n) is 5.70. The van der Waals surface area contributed by atoms with Crippen LogP contribution in [0.3, 0.4) is 0 Å². The number of halogens is 1. The molecule has 2 rings (SSSR count). The molecule has 16 heavy (non-hydrogen) atoms. The van der Waals surface area contributed by atoms with E-state index in [2.05, 4.69) is 26.1 Å². The standard InChI is InChI=1S/C13H18FNS/c1-4-15-12-11-7-10(14)6-5-9(11)8-16-13(12,2)3/h5-7,12,15H,4,8H2,1-3H3. The lowest BCUT2D eigenvalue weighted by molar-refractivity contribution is 0.447. The van der Waals surface area contributed by atoms with Crippen LogP contribution in [0.25, 0.3) is 0 Å². The molecule has 0 saturated carbocycles. The van der Waals surface area contributed by atoms with Crippen LogP contribution in [0.2, 0.25) is 0 Å². The summed E-state index contributed by atoms with van der Waals surface area (Å²) in [7, 11) is 0. The van der Waals surface area contributed by atoms with Gasteiger partial charge in [-0.2, -0.15) is 0 Å². The topological polar surface area (TPSA) is 12.0 Å². The quantitative estimate of drug-likeness (QED) is 0.847. The molecule has 1 unspecified atom stereocenters. The molecule has 0 radical (unpaired) electrons. The van der Waals surface area contributed by atoms with Gasteiger partial charge in [-0.25, -0.2) is 4.39 Å². The summed E-state index contributed by atoms with van der Waals surface area (Å²) >= 11 is 1.93. The summed E-state index contributed by atoms with van der Waals surface area (Å²) in [6, 6.07) is 5.39. The van der Waals surface area contributed by atoms with Crippen LogP contribution in [-0.4, -0.2) is 11.3 Å². The molecule has 1 atom stereocenters. The second kappa shape index (κ2) is 4.38. The Kier molecular flexibility index (Phi) is 3.27. The third-order valence-electron chi connectivity index (χ3n) is 3.12. The molecule has 0 saturated heterocycles. The van der Waals surface area contributed by atoms with Gasteiger partial charge >= 0.3 is 0 Å². The molecule has 1 aliphatic heterocycles. The average Bonchev–Trinajstić information content (AvgIpc) is 2.23. The number of benzene rings is 1. The lowest BCUT2D eigenvalue weighted by atomic mass is 9.91. The van der Waals surface area contributed by atoms with E-state index in [0.29, 0.717) is 0 Å². The van der Waals surface area contributed by atoms with Crippen LogP contribution < -0.4 is 5.32 Å². The highest BCUT2D eigenvalue weighted by molar-refractivity contribution is 8.00. The zero-order valence-electron chi connectivity index (χ0n) is 10.0. The minimum atomic E-state index is -0.135. The maximum absolute atomic E-state index is 13.3. The Labute approximate surface area is 101 Å². The molecule has 1 N–H and O–H groups in total. The van der Waals surface area contributed by atoms with Crippen LogP contribution in [-0.2, 0) is 5.75 Å². The van der Waals surface area contributed by atoms with E-state index < -0.39 is 0 Å². The Morgan fingerprint density at radius 2 is 2.25 bits per heavy atom. The first-order chi connectivity index (χ1) is 7.54. The van der Waals surface area contributed by atoms with Crippen molar-refractivity contribution in [2.75, 3.05) is 6.54 Å². The highest BCUT2D eigenvalue weighted by Gasteiger charge is 2.36. The van der Waals surface area contributed by atoms with Gasteiger partial charge in [0.05, 0.1) is 0 Å². The number of thioether (sulfide) groups is 1. The van der Waals surface area contributed by atoms with Crippen molar-refractivity contribution >= 4 is 11.8 Å². The molecule has 1 heterocycles. The predicted octanol–water partition coefficient (Wildman–Crippen LogP) is 3.50. The molecular formula is C13H18FNS. The summed E-state index contributed by atoms with van der Waals surface area (Å²) in [5.41, 5.74) is 2.39. The van der Waals surface area contributed by atoms with Crippen LogP contribution >= 0.6 is 11.8 Å². The fraction of sp³-hybridized carbons (Fsp3) is 0.538. The Morgan fingerprint density at radius 3 is 2.94 bits per heavy atom. The highest BCUT2D eigenvalue weighted by Crippen LogP contribution is 2.45. The van der Waals surface area contributed by atoms with E-state index in [4.69, 9.17) is 0 Å². The predicted molar refractivity (Wildman–Crippen MR) is 68.2 cm³/mol. The molecule has 1 aliphatic rings. The van der Waals surface area contributed by atoms with E-state index in [1.165, 1.54) is 5.56 Å². The van der Waals surface area contributed by atoms with E-state index in [9.17, 15) is 4.39 Å². The summed E-state index contributed by atoms with van der Waals surface area (Å²) in [5.74, 6) is 0.842. The molecular weight excluding hydrogens is 221 g/mol. The van der Waals surface area contributed by atoms with Gasteiger partial charge < -0.3 is 5.32 Å². The summed E-state index contributed by atoms with van der Waals surface area (Å²) in [6.45, 7) is 7.44. The normalized spacial score (nSPS) is 22.9. The molecule has 0 aliphatic carbocycles.